The summed E-state index contributed by atoms with van der Waals surface area (Å²) in [6, 6.07) is 13.4. The molecule has 6 rings (SSSR count). The highest BCUT2D eigenvalue weighted by atomic mass is 32.2. The molecule has 0 fully saturated rings. The van der Waals surface area contributed by atoms with E-state index >= 15 is 0 Å². The first-order valence-electron chi connectivity index (χ1n) is 18.0. The van der Waals surface area contributed by atoms with Gasteiger partial charge in [0.15, 0.2) is 23.3 Å². The quantitative estimate of drug-likeness (QED) is 0.0328. The number of hydrogen-bond acceptors (Lipinski definition) is 11. The highest BCUT2D eigenvalue weighted by Crippen LogP contribution is 2.28. The van der Waals surface area contributed by atoms with E-state index in [1.54, 1.807) is 24.3 Å². The number of aromatic nitrogens is 3. The van der Waals surface area contributed by atoms with E-state index in [1.807, 2.05) is 0 Å². The van der Waals surface area contributed by atoms with Crippen LogP contribution in [0, 0.1) is 40.7 Å². The lowest BCUT2D eigenvalue weighted by molar-refractivity contribution is 0.0698. The molecule has 0 bridgehead atoms. The predicted molar refractivity (Wildman–Crippen MR) is 208 cm³/mol. The van der Waals surface area contributed by atoms with Crippen molar-refractivity contribution in [2.45, 2.75) is 35.8 Å². The standard InChI is InChI=1S/C21H16F5N3O4S.C19H16F2N4O4S/c22-15-8-13(21(30)28-31)3-4-14(15)11-29(7-5-12-2-1-6-27-10-12)34(32,33)17-9-16(23)18(24)20(26)19(17)25;20-17-8-16(19(26)24-27)18(21)7-14(17)12-25(11-13-3-1-5-22-9-13)30(28,29)15-4-2-6-23-10-15/h1-4,6,8-10,31H,5,7,11H2,(H,28,30);1-10,27H,11-12H2,(H,24,26). The smallest absolute Gasteiger partial charge is 0.277 e. The fraction of sp³-hybridized carbons (Fsp3) is 0.125. The van der Waals surface area contributed by atoms with Crippen molar-refractivity contribution in [3.63, 3.8) is 0 Å². The van der Waals surface area contributed by atoms with Gasteiger partial charge < -0.3 is 0 Å². The maximum Gasteiger partial charge on any atom is 0.277 e. The Bertz CT molecular complexity index is 2860. The fourth-order valence-electron chi connectivity index (χ4n) is 5.74. The van der Waals surface area contributed by atoms with Crippen LogP contribution in [0.1, 0.15) is 43.0 Å². The summed E-state index contributed by atoms with van der Waals surface area (Å²) in [5.74, 6) is -13.9. The number of rotatable bonds is 15. The van der Waals surface area contributed by atoms with E-state index in [0.717, 1.165) is 34.8 Å². The number of pyridine rings is 3. The summed E-state index contributed by atoms with van der Waals surface area (Å²) in [7, 11) is -9.13. The van der Waals surface area contributed by atoms with Crippen LogP contribution < -0.4 is 11.0 Å². The summed E-state index contributed by atoms with van der Waals surface area (Å²) < 4.78 is 152. The van der Waals surface area contributed by atoms with Crippen LogP contribution in [0.3, 0.4) is 0 Å². The second-order valence-corrected chi connectivity index (χ2v) is 17.0. The number of benzene rings is 3. The van der Waals surface area contributed by atoms with E-state index in [-0.39, 0.29) is 40.6 Å². The van der Waals surface area contributed by atoms with Crippen molar-refractivity contribution in [1.82, 2.24) is 34.5 Å². The molecule has 3 aromatic heterocycles. The minimum Gasteiger partial charge on any atom is -0.288 e. The van der Waals surface area contributed by atoms with E-state index in [1.165, 1.54) is 54.1 Å². The monoisotopic (exact) mass is 935 g/mol. The number of nitrogens with one attached hydrogen (secondary N) is 2. The molecule has 2 amide bonds. The Morgan fingerprint density at radius 2 is 1.16 bits per heavy atom. The zero-order valence-electron chi connectivity index (χ0n) is 32.5. The van der Waals surface area contributed by atoms with Gasteiger partial charge in [0.1, 0.15) is 27.2 Å². The number of nitrogens with zero attached hydrogens (tertiary/aromatic N) is 5. The summed E-state index contributed by atoms with van der Waals surface area (Å²) >= 11 is 0. The lowest BCUT2D eigenvalue weighted by Crippen LogP contribution is -2.34. The van der Waals surface area contributed by atoms with E-state index in [4.69, 9.17) is 10.4 Å². The zero-order valence-corrected chi connectivity index (χ0v) is 34.1. The Balaban J connectivity index is 0.000000243. The number of hydroxylamine groups is 2. The van der Waals surface area contributed by atoms with Crippen LogP contribution >= 0.6 is 0 Å². The van der Waals surface area contributed by atoms with Gasteiger partial charge in [-0.05, 0) is 66.1 Å². The van der Waals surface area contributed by atoms with Gasteiger partial charge in [0, 0.05) is 86.1 Å². The Morgan fingerprint density at radius 3 is 1.73 bits per heavy atom. The second kappa shape index (κ2) is 21.1. The molecule has 24 heteroatoms. The molecular formula is C40H32F7N7O8S2. The SMILES string of the molecule is O=C(NO)c1cc(F)c(CN(Cc2cccnc2)S(=O)(=O)c2cccnc2)cc1F.O=C(NO)c1ccc(CN(CCc2cccnc2)S(=O)(=O)c2cc(F)c(F)c(F)c2F)c(F)c1. The lowest BCUT2D eigenvalue weighted by Gasteiger charge is -2.23. The average molecular weight is 936 g/mol. The molecule has 0 saturated carbocycles. The van der Waals surface area contributed by atoms with Crippen LogP contribution in [0.25, 0.3) is 0 Å². The molecule has 0 aliphatic rings. The number of carbonyl (C=O) groups excluding carboxylic acids is 2. The van der Waals surface area contributed by atoms with Gasteiger partial charge in [-0.15, -0.1) is 0 Å². The molecule has 0 aliphatic carbocycles. The molecule has 0 aliphatic heterocycles. The first-order valence-corrected chi connectivity index (χ1v) is 20.9. The number of carbonyl (C=O) groups is 2. The van der Waals surface area contributed by atoms with Crippen molar-refractivity contribution in [3.8, 4) is 0 Å². The summed E-state index contributed by atoms with van der Waals surface area (Å²) in [5, 5.41) is 17.3. The first-order chi connectivity index (χ1) is 30.4. The van der Waals surface area contributed by atoms with Gasteiger partial charge in [0.25, 0.3) is 11.8 Å². The number of hydrogen-bond donors (Lipinski definition) is 4. The van der Waals surface area contributed by atoms with Crippen LogP contribution in [0.15, 0.2) is 120 Å². The Hall–Kier alpha value is -6.70. The van der Waals surface area contributed by atoms with Crippen molar-refractivity contribution in [2.24, 2.45) is 0 Å². The number of amides is 2. The highest BCUT2D eigenvalue weighted by molar-refractivity contribution is 7.89. The molecule has 6 aromatic rings. The van der Waals surface area contributed by atoms with Crippen LogP contribution in [-0.4, -0.2) is 69.2 Å². The Morgan fingerprint density at radius 1 is 0.562 bits per heavy atom. The summed E-state index contributed by atoms with van der Waals surface area (Å²) in [4.78, 5) is 32.9. The largest absolute Gasteiger partial charge is 0.288 e. The molecular weight excluding hydrogens is 904 g/mol. The molecule has 4 N–H and O–H groups in total. The van der Waals surface area contributed by atoms with Crippen molar-refractivity contribution in [3.05, 3.63) is 184 Å². The van der Waals surface area contributed by atoms with Gasteiger partial charge in [0.2, 0.25) is 20.0 Å². The summed E-state index contributed by atoms with van der Waals surface area (Å²) in [6.45, 7) is -1.80. The van der Waals surface area contributed by atoms with Gasteiger partial charge in [-0.2, -0.15) is 8.61 Å². The van der Waals surface area contributed by atoms with Crippen LogP contribution in [0.5, 0.6) is 0 Å². The van der Waals surface area contributed by atoms with E-state index in [2.05, 4.69) is 15.0 Å². The Labute approximate surface area is 359 Å². The van der Waals surface area contributed by atoms with Gasteiger partial charge in [-0.1, -0.05) is 18.2 Å². The molecule has 336 valence electrons. The molecule has 64 heavy (non-hydrogen) atoms. The normalized spacial score (nSPS) is 11.5. The van der Waals surface area contributed by atoms with E-state index < -0.39 is 103 Å². The maximum absolute atomic E-state index is 14.6. The molecule has 0 radical (unpaired) electrons. The number of halogens is 7. The third-order valence-corrected chi connectivity index (χ3v) is 12.6. The van der Waals surface area contributed by atoms with Crippen molar-refractivity contribution in [2.75, 3.05) is 6.54 Å². The lowest BCUT2D eigenvalue weighted by atomic mass is 10.1. The molecule has 0 unspecified atom stereocenters. The first kappa shape index (κ1) is 48.3. The predicted octanol–water partition coefficient (Wildman–Crippen LogP) is 5.59. The van der Waals surface area contributed by atoms with Gasteiger partial charge in [0.05, 0.1) is 5.56 Å². The van der Waals surface area contributed by atoms with Crippen LogP contribution in [-0.2, 0) is 46.1 Å². The minimum absolute atomic E-state index is 0.00515. The van der Waals surface area contributed by atoms with Crippen LogP contribution in [0.2, 0.25) is 0 Å². The topological polar surface area (TPSA) is 212 Å². The van der Waals surface area contributed by atoms with E-state index in [9.17, 15) is 57.2 Å². The van der Waals surface area contributed by atoms with Gasteiger partial charge in [-0.3, -0.25) is 35.0 Å². The third-order valence-electron chi connectivity index (χ3n) is 9.01. The second-order valence-electron chi connectivity index (χ2n) is 13.2. The third kappa shape index (κ3) is 11.5. The fourth-order valence-corrected chi connectivity index (χ4v) is 8.59. The maximum atomic E-state index is 14.6. The van der Waals surface area contributed by atoms with Gasteiger partial charge >= 0.3 is 0 Å². The molecule has 0 spiro atoms. The highest BCUT2D eigenvalue weighted by Gasteiger charge is 2.33. The van der Waals surface area contributed by atoms with Gasteiger partial charge in [-0.25, -0.2) is 58.5 Å². The number of sulfonamides is 2. The summed E-state index contributed by atoms with van der Waals surface area (Å²) in [6.07, 6.45) is 8.43. The van der Waals surface area contributed by atoms with Crippen molar-refractivity contribution >= 4 is 31.9 Å². The Kier molecular flexibility index (Phi) is 15.9. The minimum atomic E-state index is -5.00. The zero-order chi connectivity index (χ0) is 46.8. The molecule has 3 aromatic carbocycles. The van der Waals surface area contributed by atoms with Crippen LogP contribution in [0.4, 0.5) is 30.7 Å². The molecule has 0 saturated heterocycles. The molecule has 0 atom stereocenters. The van der Waals surface area contributed by atoms with E-state index in [0.29, 0.717) is 21.5 Å². The van der Waals surface area contributed by atoms with Crippen molar-refractivity contribution in [1.29, 1.82) is 0 Å². The molecule has 15 nitrogen and oxygen atoms in total. The van der Waals surface area contributed by atoms with Crippen molar-refractivity contribution < 1.29 is 67.6 Å². The average Bonchev–Trinajstić information content (AvgIpc) is 3.29. The molecule has 3 heterocycles. The summed E-state index contributed by atoms with van der Waals surface area (Å²) in [5.41, 5.74) is 2.06.